The second-order valence-corrected chi connectivity index (χ2v) is 6.01. The maximum Gasteiger partial charge on any atom is 0.244 e. The maximum atomic E-state index is 11.2. The van der Waals surface area contributed by atoms with E-state index in [2.05, 4.69) is 20.9 Å². The lowest BCUT2D eigenvalue weighted by Crippen LogP contribution is -2.31. The summed E-state index contributed by atoms with van der Waals surface area (Å²) in [6.07, 6.45) is 0. The van der Waals surface area contributed by atoms with Gasteiger partial charge in [0.05, 0.1) is 11.8 Å². The number of nitrogens with zero attached hydrogens (tertiary/aromatic N) is 3. The minimum absolute atomic E-state index is 0.0614. The first-order valence-corrected chi connectivity index (χ1v) is 7.91. The van der Waals surface area contributed by atoms with Gasteiger partial charge in [-0.05, 0) is 25.1 Å². The molecule has 22 heavy (non-hydrogen) atoms. The summed E-state index contributed by atoms with van der Waals surface area (Å²) in [4.78, 5) is 11.2. The number of halogens is 1. The molecule has 0 spiro atoms. The molecule has 0 radical (unpaired) electrons. The van der Waals surface area contributed by atoms with E-state index in [0.29, 0.717) is 10.2 Å². The van der Waals surface area contributed by atoms with E-state index >= 15 is 0 Å². The zero-order chi connectivity index (χ0) is 16.1. The van der Waals surface area contributed by atoms with Gasteiger partial charge in [-0.1, -0.05) is 29.4 Å². The van der Waals surface area contributed by atoms with Crippen LogP contribution in [0, 0.1) is 0 Å². The molecule has 9 heteroatoms. The van der Waals surface area contributed by atoms with Crippen molar-refractivity contribution in [2.75, 3.05) is 11.1 Å². The summed E-state index contributed by atoms with van der Waals surface area (Å²) in [5, 5.41) is 12.9. The van der Waals surface area contributed by atoms with Crippen LogP contribution in [0.5, 0.6) is 0 Å². The highest BCUT2D eigenvalue weighted by Crippen LogP contribution is 2.23. The van der Waals surface area contributed by atoms with Crippen LogP contribution >= 0.6 is 23.4 Å². The van der Waals surface area contributed by atoms with Crippen molar-refractivity contribution in [1.82, 2.24) is 20.2 Å². The van der Waals surface area contributed by atoms with Gasteiger partial charge in [-0.15, -0.1) is 10.2 Å². The van der Waals surface area contributed by atoms with Crippen LogP contribution in [-0.2, 0) is 11.8 Å². The Morgan fingerprint density at radius 3 is 2.95 bits per heavy atom. The number of amides is 1. The highest BCUT2D eigenvalue weighted by molar-refractivity contribution is 7.99. The minimum atomic E-state index is -0.264. The smallest absolute Gasteiger partial charge is 0.244 e. The number of nitrogens with two attached hydrogens (primary N) is 1. The van der Waals surface area contributed by atoms with Gasteiger partial charge in [-0.2, -0.15) is 0 Å². The number of hydrazine groups is 1. The third kappa shape index (κ3) is 4.12. The molecule has 0 saturated carbocycles. The van der Waals surface area contributed by atoms with Gasteiger partial charge in [0, 0.05) is 17.8 Å². The van der Waals surface area contributed by atoms with Crippen LogP contribution in [0.1, 0.15) is 18.8 Å². The first kappa shape index (κ1) is 16.6. The van der Waals surface area contributed by atoms with Crippen LogP contribution in [0.2, 0.25) is 5.02 Å². The number of hydrogen-bond acceptors (Lipinski definition) is 6. The number of aromatic nitrogens is 3. The van der Waals surface area contributed by atoms with Crippen molar-refractivity contribution in [3.8, 4) is 0 Å². The molecule has 1 heterocycles. The molecule has 4 N–H and O–H groups in total. The SMILES string of the molecule is CC(Nc1cccc(Cl)c1)c1nnc(SCC(=O)NN)n1C. The van der Waals surface area contributed by atoms with Crippen LogP contribution in [0.3, 0.4) is 0 Å². The molecule has 0 aliphatic heterocycles. The summed E-state index contributed by atoms with van der Waals surface area (Å²) in [5.74, 6) is 5.74. The van der Waals surface area contributed by atoms with Crippen molar-refractivity contribution >= 4 is 35.0 Å². The number of benzene rings is 1. The number of carbonyl (C=O) groups excluding carboxylic acids is 1. The Bertz CT molecular complexity index is 662. The van der Waals surface area contributed by atoms with Gasteiger partial charge in [-0.25, -0.2) is 5.84 Å². The Balaban J connectivity index is 2.05. The third-order valence-corrected chi connectivity index (χ3v) is 4.21. The molecule has 0 aliphatic carbocycles. The van der Waals surface area contributed by atoms with Crippen molar-refractivity contribution in [3.05, 3.63) is 35.1 Å². The van der Waals surface area contributed by atoms with E-state index in [1.165, 1.54) is 11.8 Å². The number of carbonyl (C=O) groups is 1. The van der Waals surface area contributed by atoms with Crippen LogP contribution < -0.4 is 16.6 Å². The van der Waals surface area contributed by atoms with Gasteiger partial charge >= 0.3 is 0 Å². The fourth-order valence-corrected chi connectivity index (χ4v) is 2.81. The molecule has 1 unspecified atom stereocenters. The van der Waals surface area contributed by atoms with E-state index in [1.807, 2.05) is 42.8 Å². The summed E-state index contributed by atoms with van der Waals surface area (Å²) >= 11 is 7.24. The van der Waals surface area contributed by atoms with E-state index in [-0.39, 0.29) is 17.7 Å². The predicted molar refractivity (Wildman–Crippen MR) is 87.5 cm³/mol. The largest absolute Gasteiger partial charge is 0.375 e. The Labute approximate surface area is 137 Å². The molecular formula is C13H17ClN6OS. The van der Waals surface area contributed by atoms with Crippen LogP contribution in [0.15, 0.2) is 29.4 Å². The number of thioether (sulfide) groups is 1. The van der Waals surface area contributed by atoms with Crippen LogP contribution in [0.4, 0.5) is 5.69 Å². The van der Waals surface area contributed by atoms with Gasteiger partial charge in [0.15, 0.2) is 11.0 Å². The highest BCUT2D eigenvalue weighted by Gasteiger charge is 2.16. The van der Waals surface area contributed by atoms with Gasteiger partial charge in [0.25, 0.3) is 0 Å². The van der Waals surface area contributed by atoms with E-state index in [4.69, 9.17) is 17.4 Å². The fourth-order valence-electron chi connectivity index (χ4n) is 1.89. The standard InChI is InChI=1S/C13H17ClN6OS/c1-8(16-10-5-3-4-9(14)6-10)12-18-19-13(20(12)2)22-7-11(21)17-15/h3-6,8,16H,7,15H2,1-2H3,(H,17,21). The number of rotatable bonds is 6. The molecule has 1 amide bonds. The molecule has 0 aliphatic rings. The van der Waals surface area contributed by atoms with Crippen LogP contribution in [0.25, 0.3) is 0 Å². The number of anilines is 1. The van der Waals surface area contributed by atoms with Crippen molar-refractivity contribution < 1.29 is 4.79 Å². The van der Waals surface area contributed by atoms with Crippen molar-refractivity contribution in [3.63, 3.8) is 0 Å². The van der Waals surface area contributed by atoms with Crippen LogP contribution in [-0.4, -0.2) is 26.4 Å². The lowest BCUT2D eigenvalue weighted by Gasteiger charge is -2.15. The molecule has 7 nitrogen and oxygen atoms in total. The summed E-state index contributed by atoms with van der Waals surface area (Å²) < 4.78 is 1.84. The number of nitrogens with one attached hydrogen (secondary N) is 2. The van der Waals surface area contributed by atoms with Crippen molar-refractivity contribution in [1.29, 1.82) is 0 Å². The molecule has 2 rings (SSSR count). The quantitative estimate of drug-likeness (QED) is 0.320. The molecule has 1 atom stereocenters. The minimum Gasteiger partial charge on any atom is -0.375 e. The molecular weight excluding hydrogens is 324 g/mol. The zero-order valence-corrected chi connectivity index (χ0v) is 13.8. The Hall–Kier alpha value is -1.77. The third-order valence-electron chi connectivity index (χ3n) is 2.96. The molecule has 1 aromatic heterocycles. The van der Waals surface area contributed by atoms with Gasteiger partial charge < -0.3 is 9.88 Å². The molecule has 1 aromatic carbocycles. The average Bonchev–Trinajstić information content (AvgIpc) is 2.86. The lowest BCUT2D eigenvalue weighted by molar-refractivity contribution is -0.118. The van der Waals surface area contributed by atoms with Gasteiger partial charge in [-0.3, -0.25) is 10.2 Å². The van der Waals surface area contributed by atoms with Gasteiger partial charge in [0.1, 0.15) is 0 Å². The summed E-state index contributed by atoms with van der Waals surface area (Å²) in [6.45, 7) is 1.98. The zero-order valence-electron chi connectivity index (χ0n) is 12.2. The highest BCUT2D eigenvalue weighted by atomic mass is 35.5. The summed E-state index contributed by atoms with van der Waals surface area (Å²) in [5.41, 5.74) is 2.98. The second-order valence-electron chi connectivity index (χ2n) is 4.63. The van der Waals surface area contributed by atoms with E-state index in [9.17, 15) is 4.79 Å². The van der Waals surface area contributed by atoms with E-state index in [1.54, 1.807) is 0 Å². The fraction of sp³-hybridized carbons (Fsp3) is 0.308. The van der Waals surface area contributed by atoms with Crippen molar-refractivity contribution in [2.45, 2.75) is 18.1 Å². The molecule has 118 valence electrons. The molecule has 2 aromatic rings. The second kappa shape index (κ2) is 7.48. The van der Waals surface area contributed by atoms with E-state index < -0.39 is 0 Å². The average molecular weight is 341 g/mol. The molecule has 0 fully saturated rings. The maximum absolute atomic E-state index is 11.2. The Kier molecular flexibility index (Phi) is 5.64. The monoisotopic (exact) mass is 340 g/mol. The Morgan fingerprint density at radius 2 is 2.27 bits per heavy atom. The first-order valence-electron chi connectivity index (χ1n) is 6.55. The molecule has 0 bridgehead atoms. The Morgan fingerprint density at radius 1 is 1.50 bits per heavy atom. The van der Waals surface area contributed by atoms with Gasteiger partial charge in [0.2, 0.25) is 5.91 Å². The van der Waals surface area contributed by atoms with E-state index in [0.717, 1.165) is 11.5 Å². The number of hydrogen-bond donors (Lipinski definition) is 3. The van der Waals surface area contributed by atoms with Crippen molar-refractivity contribution in [2.24, 2.45) is 12.9 Å². The predicted octanol–water partition coefficient (Wildman–Crippen LogP) is 1.72. The first-order chi connectivity index (χ1) is 10.5. The lowest BCUT2D eigenvalue weighted by atomic mass is 10.2. The topological polar surface area (TPSA) is 97.9 Å². The summed E-state index contributed by atoms with van der Waals surface area (Å²) in [7, 11) is 1.86. The summed E-state index contributed by atoms with van der Waals surface area (Å²) in [6, 6.07) is 7.40. The molecule has 0 saturated heterocycles. The normalized spacial score (nSPS) is 12.0.